The second-order valence-electron chi connectivity index (χ2n) is 4.71. The molecule has 2 aromatic carbocycles. The van der Waals surface area contributed by atoms with Crippen LogP contribution >= 0.6 is 23.2 Å². The zero-order valence-electron chi connectivity index (χ0n) is 12.1. The first-order chi connectivity index (χ1) is 9.99. The first-order valence-corrected chi connectivity index (χ1v) is 7.17. The molecule has 0 aliphatic rings. The molecule has 0 spiro atoms. The van der Waals surface area contributed by atoms with Crippen LogP contribution in [0.1, 0.15) is 22.7 Å². The fourth-order valence-electron chi connectivity index (χ4n) is 2.21. The van der Waals surface area contributed by atoms with Crippen LogP contribution in [0.25, 0.3) is 0 Å². The van der Waals surface area contributed by atoms with Crippen molar-refractivity contribution in [2.75, 3.05) is 14.2 Å². The Bertz CT molecular complexity index is 659. The molecule has 5 heteroatoms. The Hall–Kier alpha value is -1.42. The summed E-state index contributed by atoms with van der Waals surface area (Å²) < 4.78 is 10.6. The Morgan fingerprint density at radius 3 is 2.24 bits per heavy atom. The van der Waals surface area contributed by atoms with Crippen LogP contribution in [0.15, 0.2) is 30.3 Å². The molecule has 21 heavy (non-hydrogen) atoms. The van der Waals surface area contributed by atoms with E-state index in [1.54, 1.807) is 20.3 Å². The number of ether oxygens (including phenoxy) is 2. The minimum absolute atomic E-state index is 0.399. The highest BCUT2D eigenvalue weighted by molar-refractivity contribution is 6.33. The van der Waals surface area contributed by atoms with Gasteiger partial charge in [-0.3, -0.25) is 0 Å². The topological polar surface area (TPSA) is 44.5 Å². The number of nitrogens with two attached hydrogens (primary N) is 1. The second-order valence-corrected chi connectivity index (χ2v) is 5.49. The van der Waals surface area contributed by atoms with Crippen molar-refractivity contribution in [1.29, 1.82) is 0 Å². The summed E-state index contributed by atoms with van der Waals surface area (Å²) in [6.45, 7) is 1.98. The molecule has 1 atom stereocenters. The van der Waals surface area contributed by atoms with Crippen molar-refractivity contribution in [3.05, 3.63) is 57.1 Å². The van der Waals surface area contributed by atoms with Crippen molar-refractivity contribution < 1.29 is 9.47 Å². The number of hydrogen-bond acceptors (Lipinski definition) is 3. The van der Waals surface area contributed by atoms with Crippen LogP contribution < -0.4 is 15.2 Å². The van der Waals surface area contributed by atoms with Gasteiger partial charge in [0.1, 0.15) is 16.5 Å². The predicted molar refractivity (Wildman–Crippen MR) is 86.8 cm³/mol. The van der Waals surface area contributed by atoms with E-state index in [1.165, 1.54) is 0 Å². The molecule has 0 saturated heterocycles. The molecular weight excluding hydrogens is 309 g/mol. The molecule has 0 heterocycles. The van der Waals surface area contributed by atoms with Gasteiger partial charge in [-0.05, 0) is 36.2 Å². The first-order valence-electron chi connectivity index (χ1n) is 6.41. The maximum atomic E-state index is 6.34. The third-order valence-corrected chi connectivity index (χ3v) is 4.03. The van der Waals surface area contributed by atoms with E-state index < -0.39 is 6.04 Å². The summed E-state index contributed by atoms with van der Waals surface area (Å²) in [5.41, 5.74) is 9.00. The quantitative estimate of drug-likeness (QED) is 0.907. The lowest BCUT2D eigenvalue weighted by Gasteiger charge is -2.19. The minimum Gasteiger partial charge on any atom is -0.495 e. The highest BCUT2D eigenvalue weighted by Crippen LogP contribution is 2.41. The monoisotopic (exact) mass is 325 g/mol. The molecule has 0 aromatic heterocycles. The van der Waals surface area contributed by atoms with E-state index in [9.17, 15) is 0 Å². The van der Waals surface area contributed by atoms with E-state index in [0.717, 1.165) is 16.7 Å². The van der Waals surface area contributed by atoms with Crippen molar-refractivity contribution in [3.8, 4) is 11.5 Å². The van der Waals surface area contributed by atoms with Crippen LogP contribution in [0.3, 0.4) is 0 Å². The Morgan fingerprint density at radius 1 is 1.00 bits per heavy atom. The van der Waals surface area contributed by atoms with Crippen LogP contribution in [0, 0.1) is 6.92 Å². The molecule has 0 radical (unpaired) electrons. The van der Waals surface area contributed by atoms with Gasteiger partial charge in [-0.2, -0.15) is 0 Å². The van der Waals surface area contributed by atoms with Crippen LogP contribution in [0.4, 0.5) is 0 Å². The maximum Gasteiger partial charge on any atom is 0.146 e. The SMILES string of the molecule is COc1ccc(C(N)c2ccc(C)cc2Cl)c(OC)c1Cl. The van der Waals surface area contributed by atoms with Crippen LogP contribution in [-0.2, 0) is 0 Å². The predicted octanol–water partition coefficient (Wildman–Crippen LogP) is 4.37. The van der Waals surface area contributed by atoms with Gasteiger partial charge in [-0.15, -0.1) is 0 Å². The third kappa shape index (κ3) is 3.10. The summed E-state index contributed by atoms with van der Waals surface area (Å²) in [5, 5.41) is 1.02. The van der Waals surface area contributed by atoms with E-state index in [1.807, 2.05) is 31.2 Å². The molecule has 0 bridgehead atoms. The van der Waals surface area contributed by atoms with Gasteiger partial charge in [0.25, 0.3) is 0 Å². The Morgan fingerprint density at radius 2 is 1.67 bits per heavy atom. The Labute approximate surface area is 134 Å². The van der Waals surface area contributed by atoms with E-state index in [-0.39, 0.29) is 0 Å². The van der Waals surface area contributed by atoms with E-state index >= 15 is 0 Å². The van der Waals surface area contributed by atoms with Gasteiger partial charge >= 0.3 is 0 Å². The van der Waals surface area contributed by atoms with Crippen LogP contribution in [-0.4, -0.2) is 14.2 Å². The molecule has 2 rings (SSSR count). The van der Waals surface area contributed by atoms with Gasteiger partial charge < -0.3 is 15.2 Å². The lowest BCUT2D eigenvalue weighted by Crippen LogP contribution is -2.14. The fraction of sp³-hybridized carbons (Fsp3) is 0.250. The molecule has 2 aromatic rings. The van der Waals surface area contributed by atoms with Crippen LogP contribution in [0.5, 0.6) is 11.5 Å². The average Bonchev–Trinajstić information content (AvgIpc) is 2.46. The normalized spacial score (nSPS) is 12.1. The smallest absolute Gasteiger partial charge is 0.146 e. The number of methoxy groups -OCH3 is 2. The minimum atomic E-state index is -0.434. The summed E-state index contributed by atoms with van der Waals surface area (Å²) in [6, 6.07) is 8.94. The van der Waals surface area contributed by atoms with Gasteiger partial charge in [0.15, 0.2) is 0 Å². The van der Waals surface area contributed by atoms with Crippen molar-refractivity contribution >= 4 is 23.2 Å². The lowest BCUT2D eigenvalue weighted by atomic mass is 9.97. The van der Waals surface area contributed by atoms with Crippen molar-refractivity contribution in [2.45, 2.75) is 13.0 Å². The number of halogens is 2. The molecule has 0 aliphatic heterocycles. The van der Waals surface area contributed by atoms with E-state index in [0.29, 0.717) is 21.5 Å². The molecule has 2 N–H and O–H groups in total. The van der Waals surface area contributed by atoms with Gasteiger partial charge in [0, 0.05) is 10.6 Å². The van der Waals surface area contributed by atoms with E-state index in [4.69, 9.17) is 38.4 Å². The van der Waals surface area contributed by atoms with Gasteiger partial charge in [-0.1, -0.05) is 35.3 Å². The van der Waals surface area contributed by atoms with Gasteiger partial charge in [0.2, 0.25) is 0 Å². The van der Waals surface area contributed by atoms with Crippen molar-refractivity contribution in [2.24, 2.45) is 5.73 Å². The first kappa shape index (κ1) is 16.0. The highest BCUT2D eigenvalue weighted by Gasteiger charge is 2.20. The largest absolute Gasteiger partial charge is 0.495 e. The summed E-state index contributed by atoms with van der Waals surface area (Å²) in [7, 11) is 3.10. The summed E-state index contributed by atoms with van der Waals surface area (Å²) >= 11 is 12.6. The van der Waals surface area contributed by atoms with Crippen LogP contribution in [0.2, 0.25) is 10.0 Å². The zero-order chi connectivity index (χ0) is 15.6. The molecule has 112 valence electrons. The zero-order valence-corrected chi connectivity index (χ0v) is 13.6. The van der Waals surface area contributed by atoms with Gasteiger partial charge in [-0.25, -0.2) is 0 Å². The molecule has 0 aliphatic carbocycles. The standard InChI is InChI=1S/C16H17Cl2NO2/c1-9-4-5-10(12(17)8-9)15(19)11-6-7-13(20-2)14(18)16(11)21-3/h4-8,15H,19H2,1-3H3. The summed E-state index contributed by atoms with van der Waals surface area (Å²) in [5.74, 6) is 1.04. The maximum absolute atomic E-state index is 6.34. The van der Waals surface area contributed by atoms with Crippen molar-refractivity contribution in [3.63, 3.8) is 0 Å². The molecule has 0 fully saturated rings. The molecule has 3 nitrogen and oxygen atoms in total. The number of benzene rings is 2. The molecular formula is C16H17Cl2NO2. The van der Waals surface area contributed by atoms with E-state index in [2.05, 4.69) is 0 Å². The Balaban J connectivity index is 2.52. The second kappa shape index (κ2) is 6.56. The Kier molecular flexibility index (Phi) is 4.99. The number of hydrogen-bond donors (Lipinski definition) is 1. The highest BCUT2D eigenvalue weighted by atomic mass is 35.5. The third-order valence-electron chi connectivity index (χ3n) is 3.34. The number of rotatable bonds is 4. The summed E-state index contributed by atoms with van der Waals surface area (Å²) in [6.07, 6.45) is 0. The molecule has 0 amide bonds. The fourth-order valence-corrected chi connectivity index (χ4v) is 2.89. The van der Waals surface area contributed by atoms with Gasteiger partial charge in [0.05, 0.1) is 20.3 Å². The lowest BCUT2D eigenvalue weighted by molar-refractivity contribution is 0.390. The summed E-state index contributed by atoms with van der Waals surface area (Å²) in [4.78, 5) is 0. The van der Waals surface area contributed by atoms with Crippen molar-refractivity contribution in [1.82, 2.24) is 0 Å². The molecule has 1 unspecified atom stereocenters. The average molecular weight is 326 g/mol. The number of aryl methyl sites for hydroxylation is 1. The molecule has 0 saturated carbocycles.